The zero-order valence-corrected chi connectivity index (χ0v) is 8.20. The third-order valence-corrected chi connectivity index (χ3v) is 2.49. The molecule has 0 aromatic heterocycles. The number of carboxylic acid groups (broad SMARTS) is 1. The van der Waals surface area contributed by atoms with Gasteiger partial charge in [0.1, 0.15) is 0 Å². The Kier molecular flexibility index (Phi) is 4.18. The number of likely N-dealkylation sites (N-methyl/N-ethyl adjacent to an activating group) is 1. The lowest BCUT2D eigenvalue weighted by Crippen LogP contribution is -2.34. The maximum atomic E-state index is 10.5. The van der Waals surface area contributed by atoms with Crippen LogP contribution < -0.4 is 0 Å². The van der Waals surface area contributed by atoms with Gasteiger partial charge in [0.2, 0.25) is 0 Å². The molecule has 0 saturated carbocycles. The Labute approximate surface area is 79.1 Å². The summed E-state index contributed by atoms with van der Waals surface area (Å²) in [7, 11) is 0. The van der Waals surface area contributed by atoms with Crippen LogP contribution in [-0.4, -0.2) is 60.1 Å². The number of carboxylic acids is 1. The Balaban J connectivity index is 2.31. The molecule has 13 heavy (non-hydrogen) atoms. The summed E-state index contributed by atoms with van der Waals surface area (Å²) in [6.45, 7) is 7.32. The number of nitrogens with zero attached hydrogens (tertiary/aromatic N) is 2. The second-order valence-electron chi connectivity index (χ2n) is 3.46. The molecule has 1 heterocycles. The number of hydrogen-bond donors (Lipinski definition) is 1. The maximum Gasteiger partial charge on any atom is 0.317 e. The van der Waals surface area contributed by atoms with Crippen LogP contribution in [0.25, 0.3) is 0 Å². The van der Waals surface area contributed by atoms with Crippen LogP contribution in [0.2, 0.25) is 0 Å². The quantitative estimate of drug-likeness (QED) is 0.679. The molecule has 0 radical (unpaired) electrons. The van der Waals surface area contributed by atoms with Gasteiger partial charge in [-0.05, 0) is 19.5 Å². The average molecular weight is 186 g/mol. The van der Waals surface area contributed by atoms with Crippen LogP contribution in [0.4, 0.5) is 0 Å². The molecule has 0 unspecified atom stereocenters. The second-order valence-corrected chi connectivity index (χ2v) is 3.46. The highest BCUT2D eigenvalue weighted by Crippen LogP contribution is 2.01. The van der Waals surface area contributed by atoms with Crippen molar-refractivity contribution in [3.63, 3.8) is 0 Å². The monoisotopic (exact) mass is 186 g/mol. The first kappa shape index (κ1) is 10.5. The normalized spacial score (nSPS) is 21.3. The molecule has 1 N–H and O–H groups in total. The fraction of sp³-hybridized carbons (Fsp3) is 0.889. The van der Waals surface area contributed by atoms with Crippen molar-refractivity contribution >= 4 is 5.97 Å². The van der Waals surface area contributed by atoms with Gasteiger partial charge in [0.05, 0.1) is 6.54 Å². The average Bonchev–Trinajstić information content (AvgIpc) is 2.29. The fourth-order valence-electron chi connectivity index (χ4n) is 1.69. The van der Waals surface area contributed by atoms with E-state index in [9.17, 15) is 4.79 Å². The lowest BCUT2D eigenvalue weighted by atomic mass is 10.4. The van der Waals surface area contributed by atoms with Crippen molar-refractivity contribution in [2.24, 2.45) is 0 Å². The smallest absolute Gasteiger partial charge is 0.317 e. The van der Waals surface area contributed by atoms with Gasteiger partial charge in [0.25, 0.3) is 0 Å². The molecule has 1 fully saturated rings. The van der Waals surface area contributed by atoms with Gasteiger partial charge in [-0.2, -0.15) is 0 Å². The first-order chi connectivity index (χ1) is 6.22. The van der Waals surface area contributed by atoms with Crippen molar-refractivity contribution in [2.45, 2.75) is 13.3 Å². The third kappa shape index (κ3) is 3.74. The molecule has 1 saturated heterocycles. The van der Waals surface area contributed by atoms with Gasteiger partial charge in [-0.15, -0.1) is 0 Å². The molecule has 0 aromatic carbocycles. The molecule has 76 valence electrons. The number of aliphatic carboxylic acids is 1. The topological polar surface area (TPSA) is 43.8 Å². The van der Waals surface area contributed by atoms with Crippen molar-refractivity contribution in [3.8, 4) is 0 Å². The minimum Gasteiger partial charge on any atom is -0.480 e. The molecule has 0 amide bonds. The molecule has 4 heteroatoms. The summed E-state index contributed by atoms with van der Waals surface area (Å²) in [5.74, 6) is -0.718. The van der Waals surface area contributed by atoms with Gasteiger partial charge in [0.15, 0.2) is 0 Å². The van der Waals surface area contributed by atoms with E-state index >= 15 is 0 Å². The predicted octanol–water partition coefficient (Wildman–Crippen LogP) is 0.0986. The second kappa shape index (κ2) is 5.19. The SMILES string of the molecule is CCN1CCCN(CC(=O)O)CC1. The third-order valence-electron chi connectivity index (χ3n) is 2.49. The van der Waals surface area contributed by atoms with E-state index in [2.05, 4.69) is 11.8 Å². The van der Waals surface area contributed by atoms with Gasteiger partial charge in [-0.3, -0.25) is 9.69 Å². The number of hydrogen-bond acceptors (Lipinski definition) is 3. The van der Waals surface area contributed by atoms with E-state index in [1.807, 2.05) is 4.90 Å². The highest BCUT2D eigenvalue weighted by atomic mass is 16.4. The van der Waals surface area contributed by atoms with Gasteiger partial charge >= 0.3 is 5.97 Å². The van der Waals surface area contributed by atoms with E-state index in [0.717, 1.165) is 39.1 Å². The Morgan fingerprint density at radius 1 is 1.23 bits per heavy atom. The van der Waals surface area contributed by atoms with Crippen molar-refractivity contribution in [1.82, 2.24) is 9.80 Å². The van der Waals surface area contributed by atoms with Crippen LogP contribution in [0, 0.1) is 0 Å². The van der Waals surface area contributed by atoms with Crippen molar-refractivity contribution in [3.05, 3.63) is 0 Å². The highest BCUT2D eigenvalue weighted by Gasteiger charge is 2.14. The van der Waals surface area contributed by atoms with Crippen LogP contribution in [0.1, 0.15) is 13.3 Å². The van der Waals surface area contributed by atoms with E-state index in [0.29, 0.717) is 0 Å². The molecule has 0 aliphatic carbocycles. The summed E-state index contributed by atoms with van der Waals surface area (Å²) in [5.41, 5.74) is 0. The zero-order chi connectivity index (χ0) is 9.68. The lowest BCUT2D eigenvalue weighted by Gasteiger charge is -2.18. The number of carbonyl (C=O) groups is 1. The van der Waals surface area contributed by atoms with E-state index in [-0.39, 0.29) is 6.54 Å². The molecular weight excluding hydrogens is 168 g/mol. The highest BCUT2D eigenvalue weighted by molar-refractivity contribution is 5.69. The Bertz CT molecular complexity index is 173. The summed E-state index contributed by atoms with van der Waals surface area (Å²) in [4.78, 5) is 14.9. The van der Waals surface area contributed by atoms with Crippen LogP contribution in [0.3, 0.4) is 0 Å². The molecule has 1 aliphatic rings. The molecular formula is C9H18N2O2. The summed E-state index contributed by atoms with van der Waals surface area (Å²) in [6.07, 6.45) is 1.08. The zero-order valence-electron chi connectivity index (χ0n) is 8.20. The van der Waals surface area contributed by atoms with Crippen LogP contribution >= 0.6 is 0 Å². The standard InChI is InChI=1S/C9H18N2O2/c1-2-10-4-3-5-11(7-6-10)8-9(12)13/h2-8H2,1H3,(H,12,13). The Morgan fingerprint density at radius 2 is 1.85 bits per heavy atom. The minimum absolute atomic E-state index is 0.192. The fourth-order valence-corrected chi connectivity index (χ4v) is 1.69. The molecule has 1 rings (SSSR count). The Morgan fingerprint density at radius 3 is 2.46 bits per heavy atom. The van der Waals surface area contributed by atoms with Gasteiger partial charge in [-0.25, -0.2) is 0 Å². The van der Waals surface area contributed by atoms with E-state index in [4.69, 9.17) is 5.11 Å². The Hall–Kier alpha value is -0.610. The van der Waals surface area contributed by atoms with Gasteiger partial charge in [0, 0.05) is 19.6 Å². The van der Waals surface area contributed by atoms with Gasteiger partial charge in [-0.1, -0.05) is 6.92 Å². The lowest BCUT2D eigenvalue weighted by molar-refractivity contribution is -0.138. The summed E-state index contributed by atoms with van der Waals surface area (Å²) in [6, 6.07) is 0. The molecule has 0 atom stereocenters. The van der Waals surface area contributed by atoms with Crippen LogP contribution in [0.5, 0.6) is 0 Å². The largest absolute Gasteiger partial charge is 0.480 e. The predicted molar refractivity (Wildman–Crippen MR) is 50.8 cm³/mol. The van der Waals surface area contributed by atoms with Crippen molar-refractivity contribution in [1.29, 1.82) is 0 Å². The van der Waals surface area contributed by atoms with Crippen molar-refractivity contribution in [2.75, 3.05) is 39.3 Å². The van der Waals surface area contributed by atoms with E-state index in [1.165, 1.54) is 0 Å². The molecule has 4 nitrogen and oxygen atoms in total. The first-order valence-electron chi connectivity index (χ1n) is 4.89. The number of rotatable bonds is 3. The van der Waals surface area contributed by atoms with Gasteiger partial charge < -0.3 is 10.0 Å². The van der Waals surface area contributed by atoms with E-state index in [1.54, 1.807) is 0 Å². The van der Waals surface area contributed by atoms with Crippen molar-refractivity contribution < 1.29 is 9.90 Å². The molecule has 0 bridgehead atoms. The van der Waals surface area contributed by atoms with E-state index < -0.39 is 5.97 Å². The summed E-state index contributed by atoms with van der Waals surface area (Å²) >= 11 is 0. The molecule has 0 aromatic rings. The van der Waals surface area contributed by atoms with Crippen LogP contribution in [0.15, 0.2) is 0 Å². The summed E-state index contributed by atoms with van der Waals surface area (Å²) in [5, 5.41) is 8.63. The maximum absolute atomic E-state index is 10.5. The molecule has 0 spiro atoms. The first-order valence-corrected chi connectivity index (χ1v) is 4.89. The minimum atomic E-state index is -0.718. The summed E-state index contributed by atoms with van der Waals surface area (Å²) < 4.78 is 0. The molecule has 1 aliphatic heterocycles. The van der Waals surface area contributed by atoms with Crippen LogP contribution in [-0.2, 0) is 4.79 Å².